The summed E-state index contributed by atoms with van der Waals surface area (Å²) in [7, 11) is 0. The summed E-state index contributed by atoms with van der Waals surface area (Å²) in [6.07, 6.45) is 4.81. The number of hydrogen-bond acceptors (Lipinski definition) is 4. The largest absolute Gasteiger partial charge is 0.491 e. The number of rotatable bonds is 6. The summed E-state index contributed by atoms with van der Waals surface area (Å²) in [5, 5.41) is 3.50. The van der Waals surface area contributed by atoms with Gasteiger partial charge in [0.1, 0.15) is 12.4 Å². The first-order valence-electron chi connectivity index (χ1n) is 7.63. The standard InChI is InChI=1S/C17H27NO2S/c1-17(2,3)18-11-14-5-6-15(20-14)12-19-13-7-9-16(21-4)10-8-13/h7-10,14-15,18H,5-6,11-12H2,1-4H3. The molecule has 118 valence electrons. The van der Waals surface area contributed by atoms with Crippen molar-refractivity contribution in [2.45, 2.75) is 56.3 Å². The van der Waals surface area contributed by atoms with Crippen LogP contribution >= 0.6 is 11.8 Å². The Hall–Kier alpha value is -0.710. The van der Waals surface area contributed by atoms with Crippen LogP contribution in [0.15, 0.2) is 29.2 Å². The fourth-order valence-corrected chi connectivity index (χ4v) is 2.74. The third-order valence-electron chi connectivity index (χ3n) is 3.55. The molecule has 0 radical (unpaired) electrons. The summed E-state index contributed by atoms with van der Waals surface area (Å²) in [6, 6.07) is 8.23. The molecule has 2 rings (SSSR count). The molecule has 0 amide bonds. The minimum Gasteiger partial charge on any atom is -0.491 e. The van der Waals surface area contributed by atoms with Crippen molar-refractivity contribution in [3.63, 3.8) is 0 Å². The predicted octanol–water partition coefficient (Wildman–Crippen LogP) is 3.72. The monoisotopic (exact) mass is 309 g/mol. The summed E-state index contributed by atoms with van der Waals surface area (Å²) < 4.78 is 11.9. The molecule has 1 aromatic rings. The average Bonchev–Trinajstić information content (AvgIpc) is 2.91. The van der Waals surface area contributed by atoms with Gasteiger partial charge in [-0.05, 0) is 64.1 Å². The van der Waals surface area contributed by atoms with Gasteiger partial charge in [-0.2, -0.15) is 0 Å². The number of hydrogen-bond donors (Lipinski definition) is 1. The van der Waals surface area contributed by atoms with Gasteiger partial charge < -0.3 is 14.8 Å². The molecular formula is C17H27NO2S. The van der Waals surface area contributed by atoms with E-state index in [1.165, 1.54) is 4.90 Å². The number of ether oxygens (including phenoxy) is 2. The minimum atomic E-state index is 0.150. The van der Waals surface area contributed by atoms with Gasteiger partial charge >= 0.3 is 0 Å². The lowest BCUT2D eigenvalue weighted by Crippen LogP contribution is -2.41. The first kappa shape index (κ1) is 16.7. The third kappa shape index (κ3) is 5.89. The summed E-state index contributed by atoms with van der Waals surface area (Å²) in [5.74, 6) is 0.924. The van der Waals surface area contributed by atoms with Crippen LogP contribution in [0.4, 0.5) is 0 Å². The van der Waals surface area contributed by atoms with Crippen molar-refractivity contribution in [1.82, 2.24) is 5.32 Å². The minimum absolute atomic E-state index is 0.150. The van der Waals surface area contributed by atoms with Gasteiger partial charge in [0.15, 0.2) is 0 Å². The van der Waals surface area contributed by atoms with Crippen LogP contribution in [0, 0.1) is 0 Å². The van der Waals surface area contributed by atoms with Gasteiger partial charge in [-0.15, -0.1) is 11.8 Å². The molecule has 21 heavy (non-hydrogen) atoms. The highest BCUT2D eigenvalue weighted by Crippen LogP contribution is 2.23. The van der Waals surface area contributed by atoms with Gasteiger partial charge in [0, 0.05) is 17.0 Å². The average molecular weight is 309 g/mol. The molecule has 1 aliphatic rings. The van der Waals surface area contributed by atoms with Crippen LogP contribution in [0.25, 0.3) is 0 Å². The van der Waals surface area contributed by atoms with E-state index in [1.54, 1.807) is 11.8 Å². The number of nitrogens with one attached hydrogen (secondary N) is 1. The topological polar surface area (TPSA) is 30.5 Å². The molecule has 1 aliphatic heterocycles. The van der Waals surface area contributed by atoms with E-state index in [4.69, 9.17) is 9.47 Å². The Balaban J connectivity index is 1.70. The molecule has 1 aromatic carbocycles. The molecule has 1 heterocycles. The van der Waals surface area contributed by atoms with E-state index in [9.17, 15) is 0 Å². The number of benzene rings is 1. The van der Waals surface area contributed by atoms with Crippen molar-refractivity contribution >= 4 is 11.8 Å². The van der Waals surface area contributed by atoms with Gasteiger partial charge in [-0.3, -0.25) is 0 Å². The van der Waals surface area contributed by atoms with Crippen molar-refractivity contribution in [1.29, 1.82) is 0 Å². The van der Waals surface area contributed by atoms with E-state index >= 15 is 0 Å². The molecule has 0 aliphatic carbocycles. The van der Waals surface area contributed by atoms with E-state index < -0.39 is 0 Å². The summed E-state index contributed by atoms with van der Waals surface area (Å²) in [5.41, 5.74) is 0.150. The van der Waals surface area contributed by atoms with Crippen LogP contribution in [-0.2, 0) is 4.74 Å². The van der Waals surface area contributed by atoms with Crippen LogP contribution in [0.1, 0.15) is 33.6 Å². The van der Waals surface area contributed by atoms with Crippen molar-refractivity contribution in [3.05, 3.63) is 24.3 Å². The quantitative estimate of drug-likeness (QED) is 0.811. The maximum Gasteiger partial charge on any atom is 0.119 e. The van der Waals surface area contributed by atoms with E-state index in [0.29, 0.717) is 12.7 Å². The Morgan fingerprint density at radius 3 is 2.48 bits per heavy atom. The summed E-state index contributed by atoms with van der Waals surface area (Å²) in [4.78, 5) is 1.26. The zero-order chi connectivity index (χ0) is 15.3. The molecule has 0 bridgehead atoms. The zero-order valence-corrected chi connectivity index (χ0v) is 14.3. The Labute approximate surface area is 132 Å². The summed E-state index contributed by atoms with van der Waals surface area (Å²) in [6.45, 7) is 8.11. The first-order valence-corrected chi connectivity index (χ1v) is 8.86. The first-order chi connectivity index (χ1) is 9.96. The SMILES string of the molecule is CSc1ccc(OCC2CCC(CNC(C)(C)C)O2)cc1. The highest BCUT2D eigenvalue weighted by Gasteiger charge is 2.26. The van der Waals surface area contributed by atoms with Crippen molar-refractivity contribution in [2.75, 3.05) is 19.4 Å². The Kier molecular flexibility index (Phi) is 5.97. The van der Waals surface area contributed by atoms with Crippen molar-refractivity contribution < 1.29 is 9.47 Å². The van der Waals surface area contributed by atoms with E-state index in [-0.39, 0.29) is 11.6 Å². The maximum atomic E-state index is 6.03. The lowest BCUT2D eigenvalue weighted by atomic mass is 10.1. The van der Waals surface area contributed by atoms with Crippen molar-refractivity contribution in [2.24, 2.45) is 0 Å². The molecule has 0 spiro atoms. The normalized spacial score (nSPS) is 22.5. The van der Waals surface area contributed by atoms with Crippen LogP contribution in [0.5, 0.6) is 5.75 Å². The van der Waals surface area contributed by atoms with Crippen LogP contribution in [-0.4, -0.2) is 37.2 Å². The molecule has 2 atom stereocenters. The second-order valence-electron chi connectivity index (χ2n) is 6.57. The molecular weight excluding hydrogens is 282 g/mol. The second kappa shape index (κ2) is 7.52. The Morgan fingerprint density at radius 1 is 1.19 bits per heavy atom. The molecule has 1 saturated heterocycles. The van der Waals surface area contributed by atoms with Crippen LogP contribution in [0.3, 0.4) is 0 Å². The van der Waals surface area contributed by atoms with Gasteiger partial charge in [0.05, 0.1) is 12.2 Å². The van der Waals surface area contributed by atoms with Crippen molar-refractivity contribution in [3.8, 4) is 5.75 Å². The third-order valence-corrected chi connectivity index (χ3v) is 4.29. The Bertz CT molecular complexity index is 427. The molecule has 1 fully saturated rings. The van der Waals surface area contributed by atoms with Gasteiger partial charge in [-0.1, -0.05) is 0 Å². The molecule has 0 aromatic heterocycles. The van der Waals surface area contributed by atoms with E-state index in [2.05, 4.69) is 44.5 Å². The van der Waals surface area contributed by atoms with Gasteiger partial charge in [0.2, 0.25) is 0 Å². The summed E-state index contributed by atoms with van der Waals surface area (Å²) >= 11 is 1.74. The number of thioether (sulfide) groups is 1. The zero-order valence-electron chi connectivity index (χ0n) is 13.5. The Morgan fingerprint density at radius 2 is 1.86 bits per heavy atom. The molecule has 3 nitrogen and oxygen atoms in total. The highest BCUT2D eigenvalue weighted by atomic mass is 32.2. The van der Waals surface area contributed by atoms with Gasteiger partial charge in [0.25, 0.3) is 0 Å². The molecule has 2 unspecified atom stereocenters. The smallest absolute Gasteiger partial charge is 0.119 e. The molecule has 4 heteroatoms. The van der Waals surface area contributed by atoms with Crippen LogP contribution < -0.4 is 10.1 Å². The molecule has 0 saturated carbocycles. The van der Waals surface area contributed by atoms with E-state index in [1.807, 2.05) is 12.1 Å². The predicted molar refractivity (Wildman–Crippen MR) is 89.4 cm³/mol. The molecule has 1 N–H and O–H groups in total. The van der Waals surface area contributed by atoms with Gasteiger partial charge in [-0.25, -0.2) is 0 Å². The second-order valence-corrected chi connectivity index (χ2v) is 7.45. The lowest BCUT2D eigenvalue weighted by Gasteiger charge is -2.23. The van der Waals surface area contributed by atoms with Crippen LogP contribution in [0.2, 0.25) is 0 Å². The lowest BCUT2D eigenvalue weighted by molar-refractivity contribution is 0.0162. The fourth-order valence-electron chi connectivity index (χ4n) is 2.33. The highest BCUT2D eigenvalue weighted by molar-refractivity contribution is 7.98. The maximum absolute atomic E-state index is 6.03. The van der Waals surface area contributed by atoms with E-state index in [0.717, 1.165) is 25.1 Å². The fraction of sp³-hybridized carbons (Fsp3) is 0.647.